The van der Waals surface area contributed by atoms with Crippen LogP contribution in [0.25, 0.3) is 16.8 Å². The van der Waals surface area contributed by atoms with Crippen molar-refractivity contribution in [3.05, 3.63) is 119 Å². The number of nitrogens with zero attached hydrogens (tertiary/aromatic N) is 4. The summed E-state index contributed by atoms with van der Waals surface area (Å²) in [6, 6.07) is 18.8. The van der Waals surface area contributed by atoms with Gasteiger partial charge in [0.2, 0.25) is 0 Å². The predicted molar refractivity (Wildman–Crippen MR) is 182 cm³/mol. The van der Waals surface area contributed by atoms with E-state index in [-0.39, 0.29) is 42.2 Å². The fourth-order valence-electron chi connectivity index (χ4n) is 5.73. The van der Waals surface area contributed by atoms with Crippen LogP contribution in [0.3, 0.4) is 0 Å². The zero-order chi connectivity index (χ0) is 34.5. The molecule has 4 N–H and O–H groups in total. The van der Waals surface area contributed by atoms with E-state index in [0.717, 1.165) is 49.6 Å². The van der Waals surface area contributed by atoms with E-state index in [2.05, 4.69) is 37.8 Å². The second kappa shape index (κ2) is 14.6. The van der Waals surface area contributed by atoms with Crippen molar-refractivity contribution in [1.82, 2.24) is 24.9 Å². The quantitative estimate of drug-likeness (QED) is 0.178. The number of halogens is 2. The molecule has 1 fully saturated rings. The van der Waals surface area contributed by atoms with E-state index >= 15 is 0 Å². The van der Waals surface area contributed by atoms with E-state index in [0.29, 0.717) is 16.8 Å². The third-order valence-corrected chi connectivity index (χ3v) is 8.39. The van der Waals surface area contributed by atoms with E-state index in [1.54, 1.807) is 18.3 Å². The number of aliphatic hydroxyl groups excluding tert-OH is 1. The molecule has 0 radical (unpaired) electrons. The van der Waals surface area contributed by atoms with Crippen LogP contribution < -0.4 is 20.9 Å². The number of para-hydroxylation sites is 1. The fraction of sp³-hybridized carbons (Fsp3) is 0.222. The van der Waals surface area contributed by atoms with E-state index in [9.17, 15) is 23.2 Å². The van der Waals surface area contributed by atoms with E-state index in [1.165, 1.54) is 34.9 Å². The molecule has 11 nitrogen and oxygen atoms in total. The molecule has 0 saturated carbocycles. The maximum atomic E-state index is 14.9. The number of hydrogen-bond donors (Lipinski definition) is 4. The number of nitrogens with one attached hydrogen (secondary N) is 3. The molecule has 5 aromatic rings. The lowest BCUT2D eigenvalue weighted by atomic mass is 10.0. The van der Waals surface area contributed by atoms with Gasteiger partial charge in [-0.25, -0.2) is 13.8 Å². The molecule has 1 aliphatic heterocycles. The van der Waals surface area contributed by atoms with Crippen LogP contribution in [0.2, 0.25) is 0 Å². The summed E-state index contributed by atoms with van der Waals surface area (Å²) in [5, 5.41) is 16.9. The standard InChI is InChI=1S/C36H35F2N7O4/c1-43-11-13-44(14-12-43)31-5-3-2-4-25(31)21-41-34(47)24-6-7-29(38)30(19-24)42-36(49)32-22-40-33-20-23(8-10-45(32)33)26-16-27(18-28(37)17-26)35(48)39-9-15-46/h2-8,10,16-20,22,46H,9,11-15,21H2,1H3,(H,39,48)(H,41,47)(H,42,49). The normalized spacial score (nSPS) is 13.3. The summed E-state index contributed by atoms with van der Waals surface area (Å²) in [5.74, 6) is -2.95. The minimum Gasteiger partial charge on any atom is -0.395 e. The molecule has 6 rings (SSSR count). The van der Waals surface area contributed by atoms with E-state index in [4.69, 9.17) is 5.11 Å². The van der Waals surface area contributed by atoms with Gasteiger partial charge < -0.3 is 30.9 Å². The molecule has 0 atom stereocenters. The first kappa shape index (κ1) is 33.2. The van der Waals surface area contributed by atoms with Gasteiger partial charge in [0.15, 0.2) is 0 Å². The average Bonchev–Trinajstić information content (AvgIpc) is 3.54. The highest BCUT2D eigenvalue weighted by Gasteiger charge is 2.19. The number of carbonyl (C=O) groups excluding carboxylic acids is 3. The molecular weight excluding hydrogens is 632 g/mol. The van der Waals surface area contributed by atoms with Crippen LogP contribution in [0.15, 0.2) is 85.2 Å². The molecule has 49 heavy (non-hydrogen) atoms. The Labute approximate surface area is 281 Å². The maximum absolute atomic E-state index is 14.9. The maximum Gasteiger partial charge on any atom is 0.274 e. The summed E-state index contributed by atoms with van der Waals surface area (Å²) in [5.41, 5.74) is 3.51. The number of hydrogen-bond acceptors (Lipinski definition) is 7. The van der Waals surface area contributed by atoms with Crippen molar-refractivity contribution < 1.29 is 28.3 Å². The van der Waals surface area contributed by atoms with Crippen molar-refractivity contribution in [2.75, 3.05) is 56.6 Å². The van der Waals surface area contributed by atoms with Crippen molar-refractivity contribution in [3.8, 4) is 11.1 Å². The second-order valence-electron chi connectivity index (χ2n) is 11.7. The minimum atomic E-state index is -0.716. The fourth-order valence-corrected chi connectivity index (χ4v) is 5.73. The largest absolute Gasteiger partial charge is 0.395 e. The van der Waals surface area contributed by atoms with Gasteiger partial charge in [0.1, 0.15) is 23.0 Å². The number of anilines is 2. The monoisotopic (exact) mass is 667 g/mol. The average molecular weight is 668 g/mol. The summed E-state index contributed by atoms with van der Waals surface area (Å²) >= 11 is 0. The number of piperazine rings is 1. The van der Waals surface area contributed by atoms with Crippen LogP contribution in [0.5, 0.6) is 0 Å². The van der Waals surface area contributed by atoms with Crippen molar-refractivity contribution >= 4 is 34.7 Å². The SMILES string of the molecule is CN1CCN(c2ccccc2CNC(=O)c2ccc(F)c(NC(=O)c3cnc4cc(-c5cc(F)cc(C(=O)NCCO)c5)ccn34)c2)CC1. The summed E-state index contributed by atoms with van der Waals surface area (Å²) in [6.07, 6.45) is 2.88. The number of rotatable bonds is 10. The number of amides is 3. The molecule has 0 bridgehead atoms. The summed E-state index contributed by atoms with van der Waals surface area (Å²) in [7, 11) is 2.09. The molecule has 1 aliphatic rings. The number of aliphatic hydroxyl groups is 1. The molecule has 1 saturated heterocycles. The van der Waals surface area contributed by atoms with Crippen molar-refractivity contribution in [1.29, 1.82) is 0 Å². The van der Waals surface area contributed by atoms with Crippen molar-refractivity contribution in [3.63, 3.8) is 0 Å². The van der Waals surface area contributed by atoms with Crippen LogP contribution in [0, 0.1) is 11.6 Å². The van der Waals surface area contributed by atoms with Gasteiger partial charge in [0.05, 0.1) is 18.5 Å². The number of pyridine rings is 1. The lowest BCUT2D eigenvalue weighted by molar-refractivity contribution is 0.0939. The highest BCUT2D eigenvalue weighted by Crippen LogP contribution is 2.25. The first-order valence-electron chi connectivity index (χ1n) is 15.8. The molecule has 0 spiro atoms. The van der Waals surface area contributed by atoms with E-state index < -0.39 is 29.4 Å². The van der Waals surface area contributed by atoms with Gasteiger partial charge >= 0.3 is 0 Å². The van der Waals surface area contributed by atoms with Gasteiger partial charge in [-0.1, -0.05) is 18.2 Å². The van der Waals surface area contributed by atoms with Gasteiger partial charge in [-0.2, -0.15) is 0 Å². The van der Waals surface area contributed by atoms with Crippen molar-refractivity contribution in [2.45, 2.75) is 6.54 Å². The number of carbonyl (C=O) groups is 3. The summed E-state index contributed by atoms with van der Waals surface area (Å²) in [4.78, 5) is 47.6. The Balaban J connectivity index is 1.15. The number of likely N-dealkylation sites (N-methyl/N-ethyl adjacent to an activating group) is 1. The predicted octanol–water partition coefficient (Wildman–Crippen LogP) is 3.94. The Morgan fingerprint density at radius 2 is 1.61 bits per heavy atom. The Hall–Kier alpha value is -5.66. The van der Waals surface area contributed by atoms with Crippen LogP contribution in [0.4, 0.5) is 20.2 Å². The molecule has 3 heterocycles. The topological polar surface area (TPSA) is 131 Å². The summed E-state index contributed by atoms with van der Waals surface area (Å²) < 4.78 is 30.7. The smallest absolute Gasteiger partial charge is 0.274 e. The second-order valence-corrected chi connectivity index (χ2v) is 11.7. The zero-order valence-corrected chi connectivity index (χ0v) is 26.7. The molecule has 0 aliphatic carbocycles. The molecule has 0 unspecified atom stereocenters. The summed E-state index contributed by atoms with van der Waals surface area (Å²) in [6.45, 7) is 3.73. The number of fused-ring (bicyclic) bond motifs is 1. The Bertz CT molecular complexity index is 2020. The first-order valence-corrected chi connectivity index (χ1v) is 15.8. The number of imidazole rings is 1. The van der Waals surface area contributed by atoms with Crippen LogP contribution in [0.1, 0.15) is 36.8 Å². The van der Waals surface area contributed by atoms with Gasteiger partial charge in [0.25, 0.3) is 17.7 Å². The third-order valence-electron chi connectivity index (χ3n) is 8.39. The molecule has 3 amide bonds. The highest BCUT2D eigenvalue weighted by atomic mass is 19.1. The first-order chi connectivity index (χ1) is 23.7. The van der Waals surface area contributed by atoms with Crippen LogP contribution >= 0.6 is 0 Å². The van der Waals surface area contributed by atoms with E-state index in [1.807, 2.05) is 24.3 Å². The highest BCUT2D eigenvalue weighted by molar-refractivity contribution is 6.04. The number of aromatic nitrogens is 2. The lowest BCUT2D eigenvalue weighted by Crippen LogP contribution is -2.45. The minimum absolute atomic E-state index is 0.0311. The number of benzene rings is 3. The Morgan fingerprint density at radius 1 is 0.837 bits per heavy atom. The van der Waals surface area contributed by atoms with Gasteiger partial charge in [-0.3, -0.25) is 18.8 Å². The molecule has 3 aromatic carbocycles. The zero-order valence-electron chi connectivity index (χ0n) is 26.7. The Morgan fingerprint density at radius 3 is 2.41 bits per heavy atom. The molecular formula is C36H35F2N7O4. The van der Waals surface area contributed by atoms with Gasteiger partial charge in [-0.05, 0) is 78.3 Å². The van der Waals surface area contributed by atoms with Gasteiger partial charge in [-0.15, -0.1) is 0 Å². The molecule has 13 heteroatoms. The van der Waals surface area contributed by atoms with Crippen LogP contribution in [-0.4, -0.2) is 83.5 Å². The van der Waals surface area contributed by atoms with Crippen LogP contribution in [-0.2, 0) is 6.54 Å². The third kappa shape index (κ3) is 7.58. The lowest BCUT2D eigenvalue weighted by Gasteiger charge is -2.35. The van der Waals surface area contributed by atoms with Gasteiger partial charge in [0, 0.05) is 62.3 Å². The van der Waals surface area contributed by atoms with Crippen molar-refractivity contribution in [2.24, 2.45) is 0 Å². The molecule has 2 aromatic heterocycles. The Kier molecular flexibility index (Phi) is 9.92. The molecule has 252 valence electrons.